The van der Waals surface area contributed by atoms with E-state index >= 15 is 0 Å². The lowest BCUT2D eigenvalue weighted by Crippen LogP contribution is -2.46. The van der Waals surface area contributed by atoms with Gasteiger partial charge in [-0.1, -0.05) is 48.0 Å². The van der Waals surface area contributed by atoms with Crippen LogP contribution in [0.4, 0.5) is 11.4 Å². The molecule has 0 radical (unpaired) electrons. The lowest BCUT2D eigenvalue weighted by atomic mass is 10.1. The van der Waals surface area contributed by atoms with Crippen LogP contribution in [-0.4, -0.2) is 31.1 Å². The van der Waals surface area contributed by atoms with Gasteiger partial charge in [-0.05, 0) is 56.2 Å². The van der Waals surface area contributed by atoms with Crippen LogP contribution in [0.2, 0.25) is 0 Å². The Morgan fingerprint density at radius 3 is 2.58 bits per heavy atom. The Balaban J connectivity index is 1.41. The second-order valence-corrected chi connectivity index (χ2v) is 8.13. The number of anilines is 2. The summed E-state index contributed by atoms with van der Waals surface area (Å²) in [6.07, 6.45) is 0.463. The van der Waals surface area contributed by atoms with Crippen molar-refractivity contribution in [2.75, 3.05) is 23.4 Å². The topological polar surface area (TPSA) is 67.9 Å². The Labute approximate surface area is 194 Å². The molecule has 0 aromatic heterocycles. The van der Waals surface area contributed by atoms with Crippen LogP contribution < -0.4 is 19.7 Å². The highest BCUT2D eigenvalue weighted by Crippen LogP contribution is 2.36. The fraction of sp³-hybridized carbons (Fsp3) is 0.259. The highest BCUT2D eigenvalue weighted by Gasteiger charge is 2.31. The van der Waals surface area contributed by atoms with Gasteiger partial charge in [0.2, 0.25) is 5.91 Å². The van der Waals surface area contributed by atoms with Gasteiger partial charge in [0, 0.05) is 12.1 Å². The number of hydrogen-bond acceptors (Lipinski definition) is 4. The molecule has 0 aliphatic carbocycles. The molecule has 0 bridgehead atoms. The number of carbonyl (C=O) groups is 2. The largest absolute Gasteiger partial charge is 0.492 e. The lowest BCUT2D eigenvalue weighted by molar-refractivity contribution is -0.125. The summed E-state index contributed by atoms with van der Waals surface area (Å²) in [5, 5.41) is 2.94. The van der Waals surface area contributed by atoms with Gasteiger partial charge in [-0.3, -0.25) is 9.59 Å². The van der Waals surface area contributed by atoms with E-state index in [9.17, 15) is 9.59 Å². The molecule has 1 atom stereocenters. The number of nitrogens with one attached hydrogen (secondary N) is 1. The number of aryl methyl sites for hydroxylation is 2. The van der Waals surface area contributed by atoms with E-state index < -0.39 is 6.10 Å². The van der Waals surface area contributed by atoms with E-state index in [4.69, 9.17) is 9.47 Å². The second-order valence-electron chi connectivity index (χ2n) is 8.13. The Hall–Kier alpha value is -3.80. The summed E-state index contributed by atoms with van der Waals surface area (Å²) in [7, 11) is 0. The summed E-state index contributed by atoms with van der Waals surface area (Å²) in [5.74, 6) is 1.15. The molecule has 33 heavy (non-hydrogen) atoms. The molecule has 6 heteroatoms. The molecule has 1 N–H and O–H groups in total. The Morgan fingerprint density at radius 2 is 1.82 bits per heavy atom. The van der Waals surface area contributed by atoms with E-state index in [1.807, 2.05) is 61.5 Å². The number of benzene rings is 3. The molecule has 3 aromatic carbocycles. The average Bonchev–Trinajstić information content (AvgIpc) is 2.82. The SMILES string of the molecule is Cc1ccc(CCC(=O)Nc2ccc3c(c2)N(CCOc2ccccc2)C(=O)C(C)O3)cc1. The molecule has 1 aliphatic heterocycles. The van der Waals surface area contributed by atoms with E-state index in [2.05, 4.69) is 5.32 Å². The minimum absolute atomic E-state index is 0.0779. The quantitative estimate of drug-likeness (QED) is 0.544. The van der Waals surface area contributed by atoms with Crippen molar-refractivity contribution in [1.29, 1.82) is 0 Å². The maximum Gasteiger partial charge on any atom is 0.267 e. The number of nitrogens with zero attached hydrogens (tertiary/aromatic N) is 1. The van der Waals surface area contributed by atoms with E-state index in [-0.39, 0.29) is 11.8 Å². The molecule has 1 aliphatic rings. The Bertz CT molecular complexity index is 1110. The van der Waals surface area contributed by atoms with Gasteiger partial charge in [-0.2, -0.15) is 0 Å². The van der Waals surface area contributed by atoms with E-state index in [0.29, 0.717) is 43.1 Å². The molecular weight excluding hydrogens is 416 g/mol. The third-order valence-electron chi connectivity index (χ3n) is 5.54. The first kappa shape index (κ1) is 22.4. The summed E-state index contributed by atoms with van der Waals surface area (Å²) < 4.78 is 11.5. The van der Waals surface area contributed by atoms with Gasteiger partial charge in [0.1, 0.15) is 18.1 Å². The van der Waals surface area contributed by atoms with Crippen LogP contribution in [0.15, 0.2) is 72.8 Å². The number of fused-ring (bicyclic) bond motifs is 1. The Kier molecular flexibility index (Phi) is 6.93. The second kappa shape index (κ2) is 10.2. The maximum atomic E-state index is 12.8. The molecule has 1 unspecified atom stereocenters. The summed E-state index contributed by atoms with van der Waals surface area (Å²) >= 11 is 0. The zero-order chi connectivity index (χ0) is 23.2. The van der Waals surface area contributed by atoms with Crippen molar-refractivity contribution >= 4 is 23.2 Å². The van der Waals surface area contributed by atoms with Gasteiger partial charge in [0.15, 0.2) is 6.10 Å². The number of hydrogen-bond donors (Lipinski definition) is 1. The monoisotopic (exact) mass is 444 g/mol. The summed E-state index contributed by atoms with van der Waals surface area (Å²) in [5.41, 5.74) is 3.58. The molecule has 1 heterocycles. The van der Waals surface area contributed by atoms with Crippen LogP contribution in [0.5, 0.6) is 11.5 Å². The maximum absolute atomic E-state index is 12.8. The molecule has 4 rings (SSSR count). The number of carbonyl (C=O) groups excluding carboxylic acids is 2. The smallest absolute Gasteiger partial charge is 0.267 e. The lowest BCUT2D eigenvalue weighted by Gasteiger charge is -2.33. The minimum Gasteiger partial charge on any atom is -0.492 e. The van der Waals surface area contributed by atoms with E-state index in [0.717, 1.165) is 11.3 Å². The first-order valence-electron chi connectivity index (χ1n) is 11.1. The van der Waals surface area contributed by atoms with Crippen molar-refractivity contribution < 1.29 is 19.1 Å². The van der Waals surface area contributed by atoms with Crippen LogP contribution in [0, 0.1) is 6.92 Å². The predicted molar refractivity (Wildman–Crippen MR) is 129 cm³/mol. The molecule has 6 nitrogen and oxygen atoms in total. The molecule has 0 saturated heterocycles. The number of ether oxygens (including phenoxy) is 2. The number of para-hydroxylation sites is 1. The van der Waals surface area contributed by atoms with Crippen LogP contribution >= 0.6 is 0 Å². The van der Waals surface area contributed by atoms with Crippen molar-refractivity contribution in [2.24, 2.45) is 0 Å². The Morgan fingerprint density at radius 1 is 1.06 bits per heavy atom. The molecule has 0 spiro atoms. The van der Waals surface area contributed by atoms with Crippen molar-refractivity contribution in [2.45, 2.75) is 32.8 Å². The third-order valence-corrected chi connectivity index (χ3v) is 5.54. The van der Waals surface area contributed by atoms with Crippen molar-refractivity contribution in [3.8, 4) is 11.5 Å². The van der Waals surface area contributed by atoms with Crippen LogP contribution in [0.3, 0.4) is 0 Å². The predicted octanol–water partition coefficient (Wildman–Crippen LogP) is 4.76. The van der Waals surface area contributed by atoms with Gasteiger partial charge in [0.25, 0.3) is 5.91 Å². The van der Waals surface area contributed by atoms with Gasteiger partial charge < -0.3 is 19.7 Å². The molecule has 3 aromatic rings. The van der Waals surface area contributed by atoms with Gasteiger partial charge in [-0.15, -0.1) is 0 Å². The van der Waals surface area contributed by atoms with Crippen molar-refractivity contribution in [3.05, 3.63) is 83.9 Å². The summed E-state index contributed by atoms with van der Waals surface area (Å²) in [4.78, 5) is 27.0. The number of amides is 2. The fourth-order valence-corrected chi connectivity index (χ4v) is 3.72. The number of rotatable bonds is 8. The van der Waals surface area contributed by atoms with Gasteiger partial charge in [-0.25, -0.2) is 0 Å². The van der Waals surface area contributed by atoms with E-state index in [1.54, 1.807) is 30.0 Å². The summed E-state index contributed by atoms with van der Waals surface area (Å²) in [6, 6.07) is 23.0. The average molecular weight is 445 g/mol. The standard InChI is InChI=1S/C27H28N2O4/c1-19-8-10-21(11-9-19)12-15-26(30)28-22-13-14-25-24(18-22)29(27(31)20(2)33-25)16-17-32-23-6-4-3-5-7-23/h3-11,13-14,18,20H,12,15-17H2,1-2H3,(H,28,30). The molecule has 0 saturated carbocycles. The van der Waals surface area contributed by atoms with Crippen LogP contribution in [0.1, 0.15) is 24.5 Å². The normalized spacial score (nSPS) is 14.9. The molecule has 170 valence electrons. The van der Waals surface area contributed by atoms with Crippen LogP contribution in [-0.2, 0) is 16.0 Å². The zero-order valence-corrected chi connectivity index (χ0v) is 18.9. The minimum atomic E-state index is -0.579. The highest BCUT2D eigenvalue weighted by atomic mass is 16.5. The van der Waals surface area contributed by atoms with E-state index in [1.165, 1.54) is 5.56 Å². The van der Waals surface area contributed by atoms with Gasteiger partial charge >= 0.3 is 0 Å². The first-order chi connectivity index (χ1) is 16.0. The van der Waals surface area contributed by atoms with Crippen LogP contribution in [0.25, 0.3) is 0 Å². The fourth-order valence-electron chi connectivity index (χ4n) is 3.72. The summed E-state index contributed by atoms with van der Waals surface area (Å²) in [6.45, 7) is 4.49. The van der Waals surface area contributed by atoms with Crippen molar-refractivity contribution in [3.63, 3.8) is 0 Å². The first-order valence-corrected chi connectivity index (χ1v) is 11.1. The van der Waals surface area contributed by atoms with Crippen molar-refractivity contribution in [1.82, 2.24) is 0 Å². The molecule has 2 amide bonds. The molecular formula is C27H28N2O4. The zero-order valence-electron chi connectivity index (χ0n) is 18.9. The van der Waals surface area contributed by atoms with Gasteiger partial charge in [0.05, 0.1) is 12.2 Å². The third kappa shape index (κ3) is 5.71. The highest BCUT2D eigenvalue weighted by molar-refractivity contribution is 6.01. The molecule has 0 fully saturated rings.